The van der Waals surface area contributed by atoms with Crippen molar-refractivity contribution in [2.75, 3.05) is 0 Å². The summed E-state index contributed by atoms with van der Waals surface area (Å²) in [4.78, 5) is 0. The highest BCUT2D eigenvalue weighted by atomic mass is 14.8. The van der Waals surface area contributed by atoms with Crippen LogP contribution in [0.4, 0.5) is 0 Å². The number of hydrogen-bond acceptors (Lipinski definition) is 1. The van der Waals surface area contributed by atoms with Gasteiger partial charge in [0.25, 0.3) is 0 Å². The molecule has 0 spiro atoms. The first-order valence-corrected chi connectivity index (χ1v) is 5.22. The lowest BCUT2D eigenvalue weighted by Gasteiger charge is -2.62. The first-order valence-electron chi connectivity index (χ1n) is 5.22. The van der Waals surface area contributed by atoms with Gasteiger partial charge in [-0.15, -0.1) is 0 Å². The zero-order chi connectivity index (χ0) is 8.98. The van der Waals surface area contributed by atoms with Crippen LogP contribution < -0.4 is 5.73 Å². The van der Waals surface area contributed by atoms with Crippen LogP contribution in [0, 0.1) is 16.7 Å². The lowest BCUT2D eigenvalue weighted by molar-refractivity contribution is -0.102. The summed E-state index contributed by atoms with van der Waals surface area (Å²) in [5.41, 5.74) is 7.13. The summed E-state index contributed by atoms with van der Waals surface area (Å²) < 4.78 is 0. The van der Waals surface area contributed by atoms with Gasteiger partial charge < -0.3 is 5.73 Å². The lowest BCUT2D eigenvalue weighted by Crippen LogP contribution is -2.62. The minimum atomic E-state index is 0.488. The minimum Gasteiger partial charge on any atom is -0.327 e. The van der Waals surface area contributed by atoms with Crippen molar-refractivity contribution in [3.05, 3.63) is 0 Å². The molecule has 70 valence electrons. The van der Waals surface area contributed by atoms with E-state index in [1.54, 1.807) is 0 Å². The van der Waals surface area contributed by atoms with E-state index in [2.05, 4.69) is 20.8 Å². The molecule has 0 saturated heterocycles. The fourth-order valence-electron chi connectivity index (χ4n) is 3.56. The maximum absolute atomic E-state index is 6.09. The molecule has 0 aromatic heterocycles. The second-order valence-corrected chi connectivity index (χ2v) is 5.74. The van der Waals surface area contributed by atoms with Gasteiger partial charge in [0.15, 0.2) is 0 Å². The molecule has 12 heavy (non-hydrogen) atoms. The van der Waals surface area contributed by atoms with E-state index >= 15 is 0 Å². The molecule has 0 aromatic rings. The van der Waals surface area contributed by atoms with E-state index in [1.807, 2.05) is 0 Å². The summed E-state index contributed by atoms with van der Waals surface area (Å²) in [6.45, 7) is 7.23. The summed E-state index contributed by atoms with van der Waals surface area (Å²) >= 11 is 0. The second-order valence-electron chi connectivity index (χ2n) is 5.74. The van der Waals surface area contributed by atoms with Crippen molar-refractivity contribution >= 4 is 0 Å². The van der Waals surface area contributed by atoms with Crippen LogP contribution in [0.2, 0.25) is 0 Å². The van der Waals surface area contributed by atoms with E-state index in [0.717, 1.165) is 5.92 Å². The summed E-state index contributed by atoms with van der Waals surface area (Å²) in [6, 6.07) is 0.488. The van der Waals surface area contributed by atoms with Gasteiger partial charge in [-0.05, 0) is 36.0 Å². The van der Waals surface area contributed by atoms with Gasteiger partial charge in [0.1, 0.15) is 0 Å². The molecule has 3 atom stereocenters. The quantitative estimate of drug-likeness (QED) is 0.589. The molecule has 2 rings (SSSR count). The number of nitrogens with two attached hydrogens (primary N) is 1. The standard InChI is InChI=1S/C11H21N/c1-10(2)5-4-6-11(3)8(10)7-9(11)12/h8-9H,4-7,12H2,1-3H3. The van der Waals surface area contributed by atoms with Gasteiger partial charge in [0.05, 0.1) is 0 Å². The Morgan fingerprint density at radius 3 is 2.33 bits per heavy atom. The Kier molecular flexibility index (Phi) is 1.61. The molecule has 0 radical (unpaired) electrons. The molecule has 0 bridgehead atoms. The molecular formula is C11H21N. The first-order chi connectivity index (χ1) is 5.47. The molecule has 2 fully saturated rings. The Hall–Kier alpha value is -0.0400. The highest BCUT2D eigenvalue weighted by Gasteiger charge is 2.56. The third kappa shape index (κ3) is 0.891. The zero-order valence-corrected chi connectivity index (χ0v) is 8.56. The average molecular weight is 167 g/mol. The van der Waals surface area contributed by atoms with Gasteiger partial charge in [0, 0.05) is 6.04 Å². The highest BCUT2D eigenvalue weighted by Crippen LogP contribution is 2.61. The minimum absolute atomic E-state index is 0.488. The monoisotopic (exact) mass is 167 g/mol. The molecule has 2 saturated carbocycles. The third-order valence-electron chi connectivity index (χ3n) is 4.61. The summed E-state index contributed by atoms with van der Waals surface area (Å²) in [6.07, 6.45) is 5.42. The lowest BCUT2D eigenvalue weighted by atomic mass is 9.44. The Morgan fingerprint density at radius 2 is 1.83 bits per heavy atom. The largest absolute Gasteiger partial charge is 0.327 e. The van der Waals surface area contributed by atoms with Crippen LogP contribution in [0.5, 0.6) is 0 Å². The van der Waals surface area contributed by atoms with E-state index in [-0.39, 0.29) is 0 Å². The third-order valence-corrected chi connectivity index (χ3v) is 4.61. The summed E-state index contributed by atoms with van der Waals surface area (Å²) in [7, 11) is 0. The summed E-state index contributed by atoms with van der Waals surface area (Å²) in [5.74, 6) is 0.897. The van der Waals surface area contributed by atoms with Crippen molar-refractivity contribution < 1.29 is 0 Å². The van der Waals surface area contributed by atoms with Crippen LogP contribution in [-0.2, 0) is 0 Å². The summed E-state index contributed by atoms with van der Waals surface area (Å²) in [5, 5.41) is 0. The Bertz CT molecular complexity index is 197. The Labute approximate surface area is 75.7 Å². The van der Waals surface area contributed by atoms with Gasteiger partial charge in [-0.25, -0.2) is 0 Å². The van der Waals surface area contributed by atoms with Gasteiger partial charge in [0.2, 0.25) is 0 Å². The maximum atomic E-state index is 6.09. The zero-order valence-electron chi connectivity index (χ0n) is 8.56. The van der Waals surface area contributed by atoms with Crippen LogP contribution in [0.15, 0.2) is 0 Å². The number of hydrogen-bond donors (Lipinski definition) is 1. The smallest absolute Gasteiger partial charge is 0.00988 e. The van der Waals surface area contributed by atoms with E-state index in [9.17, 15) is 0 Å². The van der Waals surface area contributed by atoms with Gasteiger partial charge in [-0.2, -0.15) is 0 Å². The first kappa shape index (κ1) is 8.55. The molecule has 2 aliphatic rings. The molecule has 1 nitrogen and oxygen atoms in total. The highest BCUT2D eigenvalue weighted by molar-refractivity contribution is 5.09. The molecule has 1 heteroatoms. The molecule has 0 aliphatic heterocycles. The Balaban J connectivity index is 2.20. The molecule has 2 N–H and O–H groups in total. The molecule has 0 aromatic carbocycles. The SMILES string of the molecule is CC1(C)CCCC2(C)C(N)CC12. The number of rotatable bonds is 0. The number of fused-ring (bicyclic) bond motifs is 1. The fourth-order valence-corrected chi connectivity index (χ4v) is 3.56. The molecule has 2 aliphatic carbocycles. The topological polar surface area (TPSA) is 26.0 Å². The van der Waals surface area contributed by atoms with Crippen LogP contribution in [-0.4, -0.2) is 6.04 Å². The van der Waals surface area contributed by atoms with Crippen molar-refractivity contribution in [3.8, 4) is 0 Å². The van der Waals surface area contributed by atoms with E-state index in [1.165, 1.54) is 25.7 Å². The second kappa shape index (κ2) is 2.25. The average Bonchev–Trinajstić information content (AvgIpc) is 1.97. The van der Waals surface area contributed by atoms with Gasteiger partial charge in [-0.1, -0.05) is 27.2 Å². The van der Waals surface area contributed by atoms with E-state index < -0.39 is 0 Å². The van der Waals surface area contributed by atoms with Crippen molar-refractivity contribution in [2.24, 2.45) is 22.5 Å². The Morgan fingerprint density at radius 1 is 1.17 bits per heavy atom. The van der Waals surface area contributed by atoms with Crippen LogP contribution >= 0.6 is 0 Å². The fraction of sp³-hybridized carbons (Fsp3) is 1.00. The van der Waals surface area contributed by atoms with Gasteiger partial charge >= 0.3 is 0 Å². The van der Waals surface area contributed by atoms with E-state index in [0.29, 0.717) is 16.9 Å². The predicted octanol–water partition coefficient (Wildman–Crippen LogP) is 2.55. The molecule has 3 unspecified atom stereocenters. The predicted molar refractivity (Wildman–Crippen MR) is 51.8 cm³/mol. The van der Waals surface area contributed by atoms with Crippen molar-refractivity contribution in [1.29, 1.82) is 0 Å². The van der Waals surface area contributed by atoms with Crippen molar-refractivity contribution in [1.82, 2.24) is 0 Å². The molecule has 0 heterocycles. The van der Waals surface area contributed by atoms with Crippen LogP contribution in [0.25, 0.3) is 0 Å². The van der Waals surface area contributed by atoms with Crippen molar-refractivity contribution in [3.63, 3.8) is 0 Å². The normalized spacial score (nSPS) is 51.0. The maximum Gasteiger partial charge on any atom is 0.00988 e. The van der Waals surface area contributed by atoms with Gasteiger partial charge in [-0.3, -0.25) is 0 Å². The van der Waals surface area contributed by atoms with Crippen LogP contribution in [0.1, 0.15) is 46.5 Å². The molecule has 0 amide bonds. The molecular weight excluding hydrogens is 146 g/mol. The van der Waals surface area contributed by atoms with E-state index in [4.69, 9.17) is 5.73 Å². The van der Waals surface area contributed by atoms with Crippen molar-refractivity contribution in [2.45, 2.75) is 52.5 Å². The van der Waals surface area contributed by atoms with Crippen LogP contribution in [0.3, 0.4) is 0 Å².